The van der Waals surface area contributed by atoms with Gasteiger partial charge in [-0.25, -0.2) is 0 Å². The van der Waals surface area contributed by atoms with E-state index in [0.29, 0.717) is 22.3 Å². The van der Waals surface area contributed by atoms with Crippen LogP contribution in [-0.4, -0.2) is 23.4 Å². The summed E-state index contributed by atoms with van der Waals surface area (Å²) in [5.41, 5.74) is 15.3. The van der Waals surface area contributed by atoms with Crippen LogP contribution >= 0.6 is 0 Å². The Bertz CT molecular complexity index is 1460. The lowest BCUT2D eigenvalue weighted by molar-refractivity contribution is -0.110. The Morgan fingerprint density at radius 2 is 0.921 bits per heavy atom. The van der Waals surface area contributed by atoms with Crippen LogP contribution in [0.15, 0.2) is 97.3 Å². The summed E-state index contributed by atoms with van der Waals surface area (Å²) in [7, 11) is 0. The smallest absolute Gasteiger partial charge is 0.269 e. The number of hydrogen-bond donors (Lipinski definition) is 4. The molecule has 4 N–H and O–H groups in total. The van der Waals surface area contributed by atoms with Crippen molar-refractivity contribution in [3.63, 3.8) is 0 Å². The molecule has 0 saturated carbocycles. The highest BCUT2D eigenvalue weighted by Gasteiger charge is 2.18. The van der Waals surface area contributed by atoms with Crippen molar-refractivity contribution in [1.82, 2.24) is 21.7 Å². The molecule has 3 aromatic carbocycles. The predicted molar refractivity (Wildman–Crippen MR) is 145 cm³/mol. The minimum Gasteiger partial charge on any atom is -0.305 e. The van der Waals surface area contributed by atoms with Gasteiger partial charge >= 0.3 is 0 Å². The van der Waals surface area contributed by atoms with Gasteiger partial charge in [0.05, 0.1) is 0 Å². The molecular weight excluding hydrogens is 480 g/mol. The molecule has 0 aromatic heterocycles. The number of fused-ring (bicyclic) bond motifs is 2. The number of allylic oxidation sites excluding steroid dienone is 4. The van der Waals surface area contributed by atoms with Crippen LogP contribution in [0, 0.1) is 0 Å². The van der Waals surface area contributed by atoms with Gasteiger partial charge in [0.1, 0.15) is 0 Å². The molecule has 8 heteroatoms. The molecule has 0 unspecified atom stereocenters. The molecule has 3 aromatic rings. The van der Waals surface area contributed by atoms with Gasteiger partial charge in [0.25, 0.3) is 11.8 Å². The topological polar surface area (TPSA) is 116 Å². The second kappa shape index (κ2) is 10.6. The lowest BCUT2D eigenvalue weighted by Crippen LogP contribution is -2.35. The zero-order valence-electron chi connectivity index (χ0n) is 20.0. The lowest BCUT2D eigenvalue weighted by Gasteiger charge is -2.14. The Balaban J connectivity index is 1.17. The summed E-state index contributed by atoms with van der Waals surface area (Å²) < 4.78 is 0. The standard InChI is InChI=1S/C30H22N4O4/c35-27-15-13-19-5-1-3-7-23(19)25(27)17-31-33-29(37)21-9-11-22(12-10-21)30(38)34-32-18-26-24-8-4-2-6-20(24)14-16-28(26)36/h1-18,31-32H,(H,33,37)(H,34,38)/b25-17-,26-18-. The fourth-order valence-corrected chi connectivity index (χ4v) is 4.11. The Morgan fingerprint density at radius 3 is 1.34 bits per heavy atom. The number of carbonyl (C=O) groups excluding carboxylic acids is 4. The van der Waals surface area contributed by atoms with E-state index in [1.807, 2.05) is 48.5 Å². The minimum atomic E-state index is -0.439. The van der Waals surface area contributed by atoms with E-state index < -0.39 is 11.8 Å². The van der Waals surface area contributed by atoms with Crippen molar-refractivity contribution in [2.24, 2.45) is 0 Å². The van der Waals surface area contributed by atoms with Crippen LogP contribution in [0.4, 0.5) is 0 Å². The van der Waals surface area contributed by atoms with Crippen LogP contribution in [0.1, 0.15) is 43.0 Å². The third-order valence-corrected chi connectivity index (χ3v) is 6.08. The second-order valence-corrected chi connectivity index (χ2v) is 8.46. The molecule has 0 heterocycles. The van der Waals surface area contributed by atoms with E-state index >= 15 is 0 Å². The molecular formula is C30H22N4O4. The van der Waals surface area contributed by atoms with E-state index in [1.54, 1.807) is 12.2 Å². The molecule has 0 bridgehead atoms. The van der Waals surface area contributed by atoms with Crippen LogP contribution in [0.3, 0.4) is 0 Å². The first-order valence-corrected chi connectivity index (χ1v) is 11.8. The highest BCUT2D eigenvalue weighted by molar-refractivity contribution is 6.30. The van der Waals surface area contributed by atoms with Gasteiger partial charge in [-0.3, -0.25) is 30.0 Å². The molecule has 186 valence electrons. The normalized spacial score (nSPS) is 15.6. The highest BCUT2D eigenvalue weighted by Crippen LogP contribution is 2.26. The maximum atomic E-state index is 12.5. The average Bonchev–Trinajstić information content (AvgIpc) is 2.95. The summed E-state index contributed by atoms with van der Waals surface area (Å²) in [6, 6.07) is 21.0. The molecule has 5 rings (SSSR count). The summed E-state index contributed by atoms with van der Waals surface area (Å²) in [6.07, 6.45) is 9.38. The fourth-order valence-electron chi connectivity index (χ4n) is 4.11. The van der Waals surface area contributed by atoms with Crippen molar-refractivity contribution in [1.29, 1.82) is 0 Å². The predicted octanol–water partition coefficient (Wildman–Crippen LogP) is 3.43. The zero-order valence-corrected chi connectivity index (χ0v) is 20.0. The number of hydrazine groups is 2. The molecule has 38 heavy (non-hydrogen) atoms. The van der Waals surface area contributed by atoms with E-state index in [0.717, 1.165) is 22.3 Å². The van der Waals surface area contributed by atoms with E-state index in [9.17, 15) is 19.2 Å². The number of nitrogens with one attached hydrogen (secondary N) is 4. The molecule has 8 nitrogen and oxygen atoms in total. The van der Waals surface area contributed by atoms with Crippen molar-refractivity contribution in [3.05, 3.63) is 131 Å². The van der Waals surface area contributed by atoms with Gasteiger partial charge in [-0.15, -0.1) is 0 Å². The Hall–Kier alpha value is -5.50. The molecule has 0 spiro atoms. The summed E-state index contributed by atoms with van der Waals surface area (Å²) in [5, 5.41) is 0. The van der Waals surface area contributed by atoms with E-state index in [2.05, 4.69) is 21.7 Å². The molecule has 0 saturated heterocycles. The van der Waals surface area contributed by atoms with Crippen molar-refractivity contribution in [2.45, 2.75) is 0 Å². The van der Waals surface area contributed by atoms with E-state index in [4.69, 9.17) is 0 Å². The number of carbonyl (C=O) groups is 4. The van der Waals surface area contributed by atoms with Gasteiger partial charge in [-0.05, 0) is 58.7 Å². The number of benzene rings is 3. The third kappa shape index (κ3) is 5.05. The van der Waals surface area contributed by atoms with Crippen LogP contribution < -0.4 is 21.7 Å². The Morgan fingerprint density at radius 1 is 0.526 bits per heavy atom. The van der Waals surface area contributed by atoms with E-state index in [1.165, 1.54) is 48.8 Å². The Labute approximate surface area is 218 Å². The minimum absolute atomic E-state index is 0.168. The van der Waals surface area contributed by atoms with Crippen molar-refractivity contribution in [2.75, 3.05) is 0 Å². The van der Waals surface area contributed by atoms with Gasteiger partial charge in [0.15, 0.2) is 11.6 Å². The van der Waals surface area contributed by atoms with Gasteiger partial charge in [0, 0.05) is 34.7 Å². The largest absolute Gasteiger partial charge is 0.305 e. The number of hydrogen-bond acceptors (Lipinski definition) is 6. The fraction of sp³-hybridized carbons (Fsp3) is 0. The van der Waals surface area contributed by atoms with Gasteiger partial charge in [0.2, 0.25) is 0 Å². The molecule has 0 aliphatic heterocycles. The first-order valence-electron chi connectivity index (χ1n) is 11.8. The van der Waals surface area contributed by atoms with Crippen LogP contribution in [-0.2, 0) is 9.59 Å². The van der Waals surface area contributed by atoms with Crippen molar-refractivity contribution >= 4 is 46.7 Å². The summed E-state index contributed by atoms with van der Waals surface area (Å²) in [4.78, 5) is 49.6. The maximum absolute atomic E-state index is 12.5. The van der Waals surface area contributed by atoms with E-state index in [-0.39, 0.29) is 11.6 Å². The molecule has 2 amide bonds. The lowest BCUT2D eigenvalue weighted by atomic mass is 9.92. The monoisotopic (exact) mass is 502 g/mol. The van der Waals surface area contributed by atoms with Gasteiger partial charge in [-0.1, -0.05) is 60.7 Å². The third-order valence-electron chi connectivity index (χ3n) is 6.08. The number of amides is 2. The molecule has 0 atom stereocenters. The molecule has 0 radical (unpaired) electrons. The maximum Gasteiger partial charge on any atom is 0.269 e. The Kier molecular flexibility index (Phi) is 6.77. The van der Waals surface area contributed by atoms with Crippen LogP contribution in [0.5, 0.6) is 0 Å². The SMILES string of the molecule is O=C1C=Cc2ccccc2/C1=C/NNC(=O)c1ccc(C(=O)NN/C=C2\C(=O)C=Cc3ccccc32)cc1. The second-order valence-electron chi connectivity index (χ2n) is 8.46. The zero-order chi connectivity index (χ0) is 26.5. The van der Waals surface area contributed by atoms with Gasteiger partial charge in [-0.2, -0.15) is 0 Å². The summed E-state index contributed by atoms with van der Waals surface area (Å²) in [5.74, 6) is -1.21. The molecule has 2 aliphatic carbocycles. The molecule has 0 fully saturated rings. The number of rotatable bonds is 6. The quantitative estimate of drug-likeness (QED) is 0.303. The first-order chi connectivity index (χ1) is 18.5. The average molecular weight is 503 g/mol. The first kappa shape index (κ1) is 24.2. The highest BCUT2D eigenvalue weighted by atomic mass is 16.2. The summed E-state index contributed by atoms with van der Waals surface area (Å²) >= 11 is 0. The summed E-state index contributed by atoms with van der Waals surface area (Å²) in [6.45, 7) is 0. The van der Waals surface area contributed by atoms with Crippen LogP contribution in [0.25, 0.3) is 23.3 Å². The van der Waals surface area contributed by atoms with Crippen molar-refractivity contribution < 1.29 is 19.2 Å². The van der Waals surface area contributed by atoms with Gasteiger partial charge < -0.3 is 10.9 Å². The van der Waals surface area contributed by atoms with Crippen molar-refractivity contribution in [3.8, 4) is 0 Å². The number of ketones is 2. The molecule has 2 aliphatic rings. The van der Waals surface area contributed by atoms with Crippen LogP contribution in [0.2, 0.25) is 0 Å².